The van der Waals surface area contributed by atoms with Crippen LogP contribution in [0.5, 0.6) is 5.75 Å². The molecule has 2 aromatic rings. The van der Waals surface area contributed by atoms with E-state index in [-0.39, 0.29) is 13.2 Å². The van der Waals surface area contributed by atoms with Gasteiger partial charge in [-0.1, -0.05) is 0 Å². The molecule has 0 saturated carbocycles. The van der Waals surface area contributed by atoms with Crippen LogP contribution in [0.3, 0.4) is 0 Å². The number of halogens is 1. The summed E-state index contributed by atoms with van der Waals surface area (Å²) < 4.78 is 10.8. The molecule has 2 atom stereocenters. The molecule has 2 unspecified atom stereocenters. The van der Waals surface area contributed by atoms with E-state index in [1.54, 1.807) is 0 Å². The van der Waals surface area contributed by atoms with Crippen molar-refractivity contribution in [2.45, 2.75) is 6.10 Å². The fraction of sp³-hybridized carbons (Fsp3) is 0.286. The Morgan fingerprint density at radius 1 is 1.24 bits per heavy atom. The van der Waals surface area contributed by atoms with E-state index >= 15 is 0 Å². The number of hydrogen-bond acceptors (Lipinski definition) is 5. The monoisotopic (exact) mass is 404 g/mol. The summed E-state index contributed by atoms with van der Waals surface area (Å²) in [7, 11) is 0. The first-order chi connectivity index (χ1) is 10.2. The molecule has 2 aromatic carbocycles. The number of hydroxylamine groups is 3. The van der Waals surface area contributed by atoms with Gasteiger partial charge in [0.1, 0.15) is 0 Å². The van der Waals surface area contributed by atoms with Crippen LogP contribution >= 0.6 is 0 Å². The number of quaternary nitrogens is 1. The molecule has 6 nitrogen and oxygen atoms in total. The van der Waals surface area contributed by atoms with Crippen LogP contribution in [0.1, 0.15) is 0 Å². The molecule has 1 aliphatic rings. The number of fused-ring (bicyclic) bond motifs is 1. The fourth-order valence-corrected chi connectivity index (χ4v) is 2.98. The summed E-state index contributed by atoms with van der Waals surface area (Å²) in [5, 5.41) is 23.4. The van der Waals surface area contributed by atoms with Crippen molar-refractivity contribution in [1.82, 2.24) is 0 Å². The summed E-state index contributed by atoms with van der Waals surface area (Å²) in [6, 6.07) is 13.6. The van der Waals surface area contributed by atoms with Crippen molar-refractivity contribution < 1.29 is 44.4 Å². The molecule has 1 heterocycles. The second-order valence-corrected chi connectivity index (χ2v) is 6.35. The summed E-state index contributed by atoms with van der Waals surface area (Å²) in [4.78, 5) is 3.86. The minimum atomic E-state index is -1.10. The van der Waals surface area contributed by atoms with Gasteiger partial charge in [0.15, 0.2) is 0 Å². The third-order valence-corrected chi connectivity index (χ3v) is 4.99. The first-order valence-corrected chi connectivity index (χ1v) is 8.87. The van der Waals surface area contributed by atoms with Crippen LogP contribution in [0.15, 0.2) is 42.5 Å². The molecule has 0 radical (unpaired) electrons. The predicted octanol–water partition coefficient (Wildman–Crippen LogP) is -1.27. The SMILES string of the molecule is [O-][N+]1(OCC(O)COc2cccc3ccccc23)C[I-]O1. The Morgan fingerprint density at radius 3 is 2.76 bits per heavy atom. The van der Waals surface area contributed by atoms with Crippen LogP contribution in [0.4, 0.5) is 0 Å². The summed E-state index contributed by atoms with van der Waals surface area (Å²) >= 11 is -0.474. The molecule has 21 heavy (non-hydrogen) atoms. The summed E-state index contributed by atoms with van der Waals surface area (Å²) in [6.07, 6.45) is -0.879. The second-order valence-electron chi connectivity index (χ2n) is 4.65. The molecule has 1 N–H and O–H groups in total. The van der Waals surface area contributed by atoms with Crippen LogP contribution in [-0.4, -0.2) is 33.9 Å². The molecule has 7 heteroatoms. The van der Waals surface area contributed by atoms with Crippen LogP contribution in [0.2, 0.25) is 0 Å². The van der Waals surface area contributed by atoms with E-state index in [9.17, 15) is 10.3 Å². The average Bonchev–Trinajstić information content (AvgIpc) is 2.49. The Bertz CT molecular complexity index is 614. The normalized spacial score (nSPS) is 23.1. The summed E-state index contributed by atoms with van der Waals surface area (Å²) in [5.41, 5.74) is 0. The Labute approximate surface area is 132 Å². The fourth-order valence-electron chi connectivity index (χ4n) is 1.94. The van der Waals surface area contributed by atoms with E-state index in [0.717, 1.165) is 10.8 Å². The van der Waals surface area contributed by atoms with Crippen LogP contribution in [0.25, 0.3) is 10.8 Å². The first kappa shape index (κ1) is 14.9. The number of hydrogen-bond donors (Lipinski definition) is 1. The minimum absolute atomic E-state index is 0.0586. The van der Waals surface area contributed by atoms with Crippen molar-refractivity contribution >= 4 is 10.8 Å². The van der Waals surface area contributed by atoms with E-state index in [4.69, 9.17) is 12.7 Å². The average molecular weight is 404 g/mol. The quantitative estimate of drug-likeness (QED) is 0.214. The van der Waals surface area contributed by atoms with E-state index < -0.39 is 32.7 Å². The van der Waals surface area contributed by atoms with Gasteiger partial charge >= 0.3 is 133 Å². The first-order valence-electron chi connectivity index (χ1n) is 6.46. The van der Waals surface area contributed by atoms with Crippen LogP contribution in [0, 0.1) is 5.21 Å². The number of aliphatic hydroxyl groups is 1. The van der Waals surface area contributed by atoms with E-state index in [1.165, 1.54) is 0 Å². The number of alkyl halides is 1. The topological polar surface area (TPSA) is 71.0 Å². The number of nitrogens with zero attached hydrogens (tertiary/aromatic N) is 1. The van der Waals surface area contributed by atoms with Gasteiger partial charge in [0.2, 0.25) is 0 Å². The van der Waals surface area contributed by atoms with Gasteiger partial charge in [-0.05, 0) is 0 Å². The van der Waals surface area contributed by atoms with Crippen molar-refractivity contribution in [3.63, 3.8) is 0 Å². The number of benzene rings is 2. The van der Waals surface area contributed by atoms with Gasteiger partial charge in [-0.15, -0.1) is 0 Å². The molecular formula is C14H15INO5-. The third kappa shape index (κ3) is 3.62. The molecule has 114 valence electrons. The van der Waals surface area contributed by atoms with Crippen molar-refractivity contribution in [3.05, 3.63) is 47.7 Å². The van der Waals surface area contributed by atoms with E-state index in [1.807, 2.05) is 42.5 Å². The van der Waals surface area contributed by atoms with Crippen molar-refractivity contribution in [2.75, 3.05) is 17.8 Å². The predicted molar refractivity (Wildman–Crippen MR) is 71.0 cm³/mol. The Balaban J connectivity index is 1.56. The number of rotatable bonds is 6. The molecule has 3 rings (SSSR count). The molecule has 0 aliphatic carbocycles. The van der Waals surface area contributed by atoms with Crippen molar-refractivity contribution in [2.24, 2.45) is 0 Å². The van der Waals surface area contributed by atoms with E-state index in [0.29, 0.717) is 10.3 Å². The zero-order valence-corrected chi connectivity index (χ0v) is 13.3. The molecule has 0 amide bonds. The van der Waals surface area contributed by atoms with Crippen LogP contribution < -0.4 is 26.4 Å². The van der Waals surface area contributed by atoms with E-state index in [2.05, 4.69) is 0 Å². The zero-order valence-electron chi connectivity index (χ0n) is 11.1. The second kappa shape index (κ2) is 6.42. The molecule has 0 aromatic heterocycles. The summed E-state index contributed by atoms with van der Waals surface area (Å²) in [6.45, 7) is -0.0545. The van der Waals surface area contributed by atoms with Gasteiger partial charge in [0, 0.05) is 0 Å². The Kier molecular flexibility index (Phi) is 4.57. The van der Waals surface area contributed by atoms with Gasteiger partial charge in [-0.25, -0.2) is 0 Å². The molecule has 1 saturated heterocycles. The maximum absolute atomic E-state index is 11.5. The number of aliphatic hydroxyl groups excluding tert-OH is 1. The van der Waals surface area contributed by atoms with Gasteiger partial charge in [0.05, 0.1) is 0 Å². The zero-order chi connectivity index (χ0) is 14.7. The van der Waals surface area contributed by atoms with Gasteiger partial charge in [-0.2, -0.15) is 0 Å². The Morgan fingerprint density at radius 2 is 2.00 bits per heavy atom. The third-order valence-electron chi connectivity index (χ3n) is 2.99. The van der Waals surface area contributed by atoms with Crippen LogP contribution in [-0.2, 0) is 8.00 Å². The molecular weight excluding hydrogens is 389 g/mol. The summed E-state index contributed by atoms with van der Waals surface area (Å²) in [5.74, 6) is 0.698. The van der Waals surface area contributed by atoms with Crippen molar-refractivity contribution in [1.29, 1.82) is 0 Å². The van der Waals surface area contributed by atoms with Gasteiger partial charge in [0.25, 0.3) is 0 Å². The van der Waals surface area contributed by atoms with Gasteiger partial charge < -0.3 is 0 Å². The van der Waals surface area contributed by atoms with Crippen molar-refractivity contribution in [3.8, 4) is 5.75 Å². The molecule has 1 fully saturated rings. The maximum atomic E-state index is 11.5. The molecule has 0 bridgehead atoms. The standard InChI is InChI=1S/C14H15INO5/c17-12(9-20-16(18)10-15-21-16)8-19-14-7-3-5-11-4-1-2-6-13(11)14/h1-7,12,17H,8-10H2/q-1. The van der Waals surface area contributed by atoms with Gasteiger partial charge in [-0.3, -0.25) is 0 Å². The molecule has 1 aliphatic heterocycles. The number of ether oxygens (including phenoxy) is 1. The Hall–Kier alpha value is -0.970. The molecule has 0 spiro atoms.